The summed E-state index contributed by atoms with van der Waals surface area (Å²) >= 11 is 0. The third-order valence-electron chi connectivity index (χ3n) is 4.30. The number of carbonyl (C=O) groups is 1. The minimum absolute atomic E-state index is 0.132. The highest BCUT2D eigenvalue weighted by Gasteiger charge is 2.47. The summed E-state index contributed by atoms with van der Waals surface area (Å²) in [5, 5.41) is 2.15. The molecule has 3 rings (SSSR count). The highest BCUT2D eigenvalue weighted by molar-refractivity contribution is 6.00. The molecule has 0 aromatic carbocycles. The van der Waals surface area contributed by atoms with Crippen LogP contribution in [0.4, 0.5) is 13.2 Å². The molecule has 2 aromatic rings. The molecule has 0 bridgehead atoms. The molecule has 1 N–H and O–H groups in total. The summed E-state index contributed by atoms with van der Waals surface area (Å²) in [6.07, 6.45) is -1.11. The fraction of sp³-hybridized carbons (Fsp3) is 0.533. The van der Waals surface area contributed by atoms with Crippen LogP contribution < -0.4 is 5.32 Å². The van der Waals surface area contributed by atoms with Gasteiger partial charge in [-0.3, -0.25) is 9.20 Å². The molecule has 2 heterocycles. The van der Waals surface area contributed by atoms with Gasteiger partial charge in [-0.15, -0.1) is 0 Å². The Hall–Kier alpha value is -2.12. The largest absolute Gasteiger partial charge is 0.408 e. The quantitative estimate of drug-likeness (QED) is 0.943. The molecule has 0 aliphatic heterocycles. The lowest BCUT2D eigenvalue weighted by Crippen LogP contribution is -2.52. The Kier molecular flexibility index (Phi) is 3.77. The average Bonchev–Trinajstić information content (AvgIpc) is 2.78. The van der Waals surface area contributed by atoms with Crippen molar-refractivity contribution in [3.8, 4) is 0 Å². The first kappa shape index (κ1) is 15.8. The number of halogens is 3. The molecule has 1 unspecified atom stereocenters. The van der Waals surface area contributed by atoms with Gasteiger partial charge < -0.3 is 5.32 Å². The summed E-state index contributed by atoms with van der Waals surface area (Å²) < 4.78 is 41.2. The summed E-state index contributed by atoms with van der Waals surface area (Å²) in [6.45, 7) is 3.42. The third-order valence-corrected chi connectivity index (χ3v) is 4.30. The van der Waals surface area contributed by atoms with Crippen molar-refractivity contribution in [3.05, 3.63) is 29.5 Å². The number of amides is 1. The van der Waals surface area contributed by atoms with E-state index in [1.54, 1.807) is 24.4 Å². The Bertz CT molecular complexity index is 749. The SMILES string of the molecule is Cc1nc(C)n2ccc(C(=O)NC(C3CCC3)C(F)(F)F)c2n1. The van der Waals surface area contributed by atoms with Crippen LogP contribution in [0.1, 0.15) is 41.3 Å². The molecule has 0 saturated heterocycles. The zero-order chi connectivity index (χ0) is 16.8. The number of aromatic nitrogens is 3. The van der Waals surface area contributed by atoms with Crippen LogP contribution in [0.2, 0.25) is 0 Å². The van der Waals surface area contributed by atoms with Crippen LogP contribution in [0.3, 0.4) is 0 Å². The minimum atomic E-state index is -4.45. The van der Waals surface area contributed by atoms with E-state index in [-0.39, 0.29) is 5.56 Å². The normalized spacial score (nSPS) is 17.1. The minimum Gasteiger partial charge on any atom is -0.340 e. The fourth-order valence-corrected chi connectivity index (χ4v) is 2.90. The molecule has 1 aliphatic carbocycles. The van der Waals surface area contributed by atoms with E-state index in [0.717, 1.165) is 6.42 Å². The second kappa shape index (κ2) is 5.50. The van der Waals surface area contributed by atoms with Crippen molar-refractivity contribution in [3.63, 3.8) is 0 Å². The van der Waals surface area contributed by atoms with Gasteiger partial charge in [-0.25, -0.2) is 9.97 Å². The van der Waals surface area contributed by atoms with E-state index < -0.39 is 24.0 Å². The fourth-order valence-electron chi connectivity index (χ4n) is 2.90. The molecule has 1 fully saturated rings. The molecule has 23 heavy (non-hydrogen) atoms. The topological polar surface area (TPSA) is 59.3 Å². The number of hydrogen-bond acceptors (Lipinski definition) is 3. The molecule has 5 nitrogen and oxygen atoms in total. The maximum absolute atomic E-state index is 13.2. The smallest absolute Gasteiger partial charge is 0.340 e. The number of nitrogens with zero attached hydrogens (tertiary/aromatic N) is 3. The third kappa shape index (κ3) is 2.89. The van der Waals surface area contributed by atoms with E-state index in [1.807, 2.05) is 0 Å². The van der Waals surface area contributed by atoms with Crippen molar-refractivity contribution >= 4 is 11.6 Å². The first-order valence-electron chi connectivity index (χ1n) is 7.47. The Balaban J connectivity index is 1.91. The molecule has 0 radical (unpaired) electrons. The number of nitrogens with one attached hydrogen (secondary N) is 1. The van der Waals surface area contributed by atoms with Gasteiger partial charge in [0, 0.05) is 6.20 Å². The Morgan fingerprint density at radius 2 is 2.04 bits per heavy atom. The number of alkyl halides is 3. The Morgan fingerprint density at radius 1 is 1.35 bits per heavy atom. The zero-order valence-corrected chi connectivity index (χ0v) is 12.8. The van der Waals surface area contributed by atoms with Crippen molar-refractivity contribution in [2.45, 2.75) is 45.3 Å². The maximum Gasteiger partial charge on any atom is 0.408 e. The summed E-state index contributed by atoms with van der Waals surface area (Å²) in [6, 6.07) is -0.331. The van der Waals surface area contributed by atoms with Gasteiger partial charge in [0.15, 0.2) is 5.65 Å². The van der Waals surface area contributed by atoms with E-state index in [1.165, 1.54) is 6.07 Å². The van der Waals surface area contributed by atoms with Crippen LogP contribution in [0, 0.1) is 19.8 Å². The molecule has 2 aromatic heterocycles. The van der Waals surface area contributed by atoms with Gasteiger partial charge in [-0.2, -0.15) is 13.2 Å². The molecule has 1 saturated carbocycles. The predicted octanol–water partition coefficient (Wildman–Crippen LogP) is 2.81. The zero-order valence-electron chi connectivity index (χ0n) is 12.8. The molecule has 0 spiro atoms. The molecule has 1 amide bonds. The number of rotatable bonds is 3. The standard InChI is InChI=1S/C15H17F3N4O/c1-8-19-9(2)22-7-6-11(13(22)20-8)14(23)21-12(15(16,17)18)10-4-3-5-10/h6-7,10,12H,3-5H2,1-2H3,(H,21,23). The van der Waals surface area contributed by atoms with E-state index in [4.69, 9.17) is 0 Å². The van der Waals surface area contributed by atoms with Crippen LogP contribution in [0.5, 0.6) is 0 Å². The van der Waals surface area contributed by atoms with Crippen molar-refractivity contribution in [1.82, 2.24) is 19.7 Å². The summed E-state index contributed by atoms with van der Waals surface area (Å²) in [7, 11) is 0. The van der Waals surface area contributed by atoms with Crippen molar-refractivity contribution in [2.75, 3.05) is 0 Å². The lowest BCUT2D eigenvalue weighted by atomic mass is 9.79. The maximum atomic E-state index is 13.2. The van der Waals surface area contributed by atoms with Crippen molar-refractivity contribution < 1.29 is 18.0 Å². The lowest BCUT2D eigenvalue weighted by Gasteiger charge is -2.35. The van der Waals surface area contributed by atoms with E-state index in [2.05, 4.69) is 15.3 Å². The number of fused-ring (bicyclic) bond motifs is 1. The molecule has 1 aliphatic rings. The van der Waals surface area contributed by atoms with Gasteiger partial charge in [0.1, 0.15) is 17.7 Å². The van der Waals surface area contributed by atoms with E-state index >= 15 is 0 Å². The monoisotopic (exact) mass is 326 g/mol. The highest BCUT2D eigenvalue weighted by Crippen LogP contribution is 2.37. The van der Waals surface area contributed by atoms with Gasteiger partial charge in [0.2, 0.25) is 0 Å². The van der Waals surface area contributed by atoms with Crippen LogP contribution in [-0.2, 0) is 0 Å². The Morgan fingerprint density at radius 3 is 2.61 bits per heavy atom. The second-order valence-electron chi connectivity index (χ2n) is 5.92. The molecular formula is C15H17F3N4O. The van der Waals surface area contributed by atoms with Crippen molar-refractivity contribution in [1.29, 1.82) is 0 Å². The highest BCUT2D eigenvalue weighted by atomic mass is 19.4. The summed E-state index contributed by atoms with van der Waals surface area (Å²) in [5.74, 6) is -0.197. The average molecular weight is 326 g/mol. The lowest BCUT2D eigenvalue weighted by molar-refractivity contribution is -0.171. The molecule has 1 atom stereocenters. The first-order valence-corrected chi connectivity index (χ1v) is 7.47. The van der Waals surface area contributed by atoms with Crippen molar-refractivity contribution in [2.24, 2.45) is 5.92 Å². The number of aryl methyl sites for hydroxylation is 2. The van der Waals surface area contributed by atoms with Gasteiger partial charge in [0.25, 0.3) is 5.91 Å². The van der Waals surface area contributed by atoms with Gasteiger partial charge in [0.05, 0.1) is 5.56 Å². The van der Waals surface area contributed by atoms with Crippen LogP contribution in [0.15, 0.2) is 12.3 Å². The molecule has 124 valence electrons. The van der Waals surface area contributed by atoms with Gasteiger partial charge in [-0.1, -0.05) is 6.42 Å². The Labute approximate surface area is 130 Å². The summed E-state index contributed by atoms with van der Waals surface area (Å²) in [4.78, 5) is 20.7. The van der Waals surface area contributed by atoms with Crippen LogP contribution >= 0.6 is 0 Å². The van der Waals surface area contributed by atoms with Crippen LogP contribution in [-0.4, -0.2) is 32.5 Å². The number of hydrogen-bond donors (Lipinski definition) is 1. The van der Waals surface area contributed by atoms with Gasteiger partial charge in [-0.05, 0) is 38.7 Å². The van der Waals surface area contributed by atoms with E-state index in [9.17, 15) is 18.0 Å². The summed E-state index contributed by atoms with van der Waals surface area (Å²) in [5.41, 5.74) is 0.453. The van der Waals surface area contributed by atoms with E-state index in [0.29, 0.717) is 30.1 Å². The molecular weight excluding hydrogens is 309 g/mol. The second-order valence-corrected chi connectivity index (χ2v) is 5.92. The van der Waals surface area contributed by atoms with Crippen LogP contribution in [0.25, 0.3) is 5.65 Å². The predicted molar refractivity (Wildman–Crippen MR) is 77.1 cm³/mol. The first-order chi connectivity index (χ1) is 10.8. The van der Waals surface area contributed by atoms with Gasteiger partial charge >= 0.3 is 6.18 Å². The number of carbonyl (C=O) groups excluding carboxylic acids is 1. The molecule has 8 heteroatoms.